The quantitative estimate of drug-likeness (QED) is 0.403. The number of rotatable bonds is 7. The lowest BCUT2D eigenvalue weighted by Crippen LogP contribution is -2.28. The summed E-state index contributed by atoms with van der Waals surface area (Å²) in [7, 11) is 1.83. The zero-order valence-electron chi connectivity index (χ0n) is 7.43. The lowest BCUT2D eigenvalue weighted by Gasteiger charge is -2.03. The van der Waals surface area contributed by atoms with Crippen molar-refractivity contribution >= 4 is 5.91 Å². The molecule has 0 saturated carbocycles. The molecule has 0 aliphatic heterocycles. The summed E-state index contributed by atoms with van der Waals surface area (Å²) in [6, 6.07) is 0. The van der Waals surface area contributed by atoms with Crippen LogP contribution in [0.3, 0.4) is 0 Å². The van der Waals surface area contributed by atoms with Crippen molar-refractivity contribution in [3.63, 3.8) is 0 Å². The van der Waals surface area contributed by atoms with E-state index >= 15 is 0 Å². The SMILES string of the molecule is C=CCNC(=O)COCCNC. The number of carbonyl (C=O) groups excluding carboxylic acids is 1. The third-order valence-corrected chi connectivity index (χ3v) is 1.17. The van der Waals surface area contributed by atoms with E-state index in [4.69, 9.17) is 4.74 Å². The molecule has 0 heterocycles. The number of amides is 1. The zero-order valence-corrected chi connectivity index (χ0v) is 7.43. The number of carbonyl (C=O) groups is 1. The van der Waals surface area contributed by atoms with Gasteiger partial charge in [-0.2, -0.15) is 0 Å². The first-order valence-corrected chi connectivity index (χ1v) is 3.91. The molecular weight excluding hydrogens is 156 g/mol. The van der Waals surface area contributed by atoms with Crippen LogP contribution in [-0.2, 0) is 9.53 Å². The van der Waals surface area contributed by atoms with Crippen LogP contribution in [0.1, 0.15) is 0 Å². The van der Waals surface area contributed by atoms with Crippen molar-refractivity contribution in [3.8, 4) is 0 Å². The van der Waals surface area contributed by atoms with E-state index in [0.29, 0.717) is 13.2 Å². The Morgan fingerprint density at radius 2 is 2.42 bits per heavy atom. The maximum absolute atomic E-state index is 10.9. The van der Waals surface area contributed by atoms with Gasteiger partial charge < -0.3 is 15.4 Å². The second-order valence-corrected chi connectivity index (χ2v) is 2.25. The molecule has 0 aromatic carbocycles. The van der Waals surface area contributed by atoms with E-state index in [0.717, 1.165) is 6.54 Å². The Morgan fingerprint density at radius 3 is 3.00 bits per heavy atom. The highest BCUT2D eigenvalue weighted by molar-refractivity contribution is 5.77. The van der Waals surface area contributed by atoms with Gasteiger partial charge in [-0.15, -0.1) is 6.58 Å². The smallest absolute Gasteiger partial charge is 0.246 e. The van der Waals surface area contributed by atoms with Crippen LogP contribution in [-0.4, -0.2) is 39.3 Å². The molecule has 0 spiro atoms. The van der Waals surface area contributed by atoms with Crippen molar-refractivity contribution in [1.82, 2.24) is 10.6 Å². The minimum absolute atomic E-state index is 0.106. The highest BCUT2D eigenvalue weighted by atomic mass is 16.5. The van der Waals surface area contributed by atoms with Crippen molar-refractivity contribution in [3.05, 3.63) is 12.7 Å². The van der Waals surface area contributed by atoms with Crippen LogP contribution >= 0.6 is 0 Å². The number of nitrogens with one attached hydrogen (secondary N) is 2. The second-order valence-electron chi connectivity index (χ2n) is 2.25. The van der Waals surface area contributed by atoms with E-state index in [-0.39, 0.29) is 12.5 Å². The summed E-state index contributed by atoms with van der Waals surface area (Å²) in [5, 5.41) is 5.52. The molecule has 1 amide bonds. The van der Waals surface area contributed by atoms with Crippen LogP contribution in [0.15, 0.2) is 12.7 Å². The monoisotopic (exact) mass is 172 g/mol. The molecule has 0 rings (SSSR count). The van der Waals surface area contributed by atoms with Crippen molar-refractivity contribution in [2.24, 2.45) is 0 Å². The normalized spacial score (nSPS) is 9.42. The van der Waals surface area contributed by atoms with E-state index in [1.165, 1.54) is 0 Å². The molecule has 0 aliphatic rings. The van der Waals surface area contributed by atoms with Crippen LogP contribution in [0.2, 0.25) is 0 Å². The van der Waals surface area contributed by atoms with Gasteiger partial charge >= 0.3 is 0 Å². The van der Waals surface area contributed by atoms with Crippen LogP contribution in [0.4, 0.5) is 0 Å². The first-order valence-electron chi connectivity index (χ1n) is 3.91. The zero-order chi connectivity index (χ0) is 9.23. The predicted molar refractivity (Wildman–Crippen MR) is 48.0 cm³/mol. The predicted octanol–water partition coefficient (Wildman–Crippen LogP) is -0.475. The Labute approximate surface area is 73.0 Å². The fourth-order valence-electron chi connectivity index (χ4n) is 0.576. The summed E-state index contributed by atoms with van der Waals surface area (Å²) >= 11 is 0. The van der Waals surface area contributed by atoms with Gasteiger partial charge in [-0.05, 0) is 7.05 Å². The van der Waals surface area contributed by atoms with Gasteiger partial charge in [-0.3, -0.25) is 4.79 Å². The molecular formula is C8H16N2O2. The van der Waals surface area contributed by atoms with Gasteiger partial charge in [-0.25, -0.2) is 0 Å². The minimum Gasteiger partial charge on any atom is -0.370 e. The lowest BCUT2D eigenvalue weighted by atomic mass is 10.5. The Bertz CT molecular complexity index is 137. The van der Waals surface area contributed by atoms with E-state index in [1.54, 1.807) is 6.08 Å². The van der Waals surface area contributed by atoms with Gasteiger partial charge in [0, 0.05) is 13.1 Å². The summed E-state index contributed by atoms with van der Waals surface area (Å²) in [6.45, 7) is 5.40. The molecule has 4 heteroatoms. The van der Waals surface area contributed by atoms with E-state index in [1.807, 2.05) is 7.05 Å². The molecule has 0 aromatic heterocycles. The summed E-state index contributed by atoms with van der Waals surface area (Å²) in [5.41, 5.74) is 0. The summed E-state index contributed by atoms with van der Waals surface area (Å²) < 4.78 is 5.02. The first-order chi connectivity index (χ1) is 5.81. The number of ether oxygens (including phenoxy) is 1. The average molecular weight is 172 g/mol. The van der Waals surface area contributed by atoms with E-state index < -0.39 is 0 Å². The third-order valence-electron chi connectivity index (χ3n) is 1.17. The van der Waals surface area contributed by atoms with Gasteiger partial charge in [0.05, 0.1) is 6.61 Å². The minimum atomic E-state index is -0.106. The summed E-state index contributed by atoms with van der Waals surface area (Å²) in [6.07, 6.45) is 1.63. The Balaban J connectivity index is 3.13. The van der Waals surface area contributed by atoms with Gasteiger partial charge in [0.25, 0.3) is 0 Å². The molecule has 0 saturated heterocycles. The van der Waals surface area contributed by atoms with Crippen LogP contribution < -0.4 is 10.6 Å². The fraction of sp³-hybridized carbons (Fsp3) is 0.625. The molecule has 2 N–H and O–H groups in total. The molecule has 0 radical (unpaired) electrons. The molecule has 0 bridgehead atoms. The molecule has 0 unspecified atom stereocenters. The number of hydrogen-bond donors (Lipinski definition) is 2. The lowest BCUT2D eigenvalue weighted by molar-refractivity contribution is -0.125. The Morgan fingerprint density at radius 1 is 1.67 bits per heavy atom. The number of likely N-dealkylation sites (N-methyl/N-ethyl adjacent to an activating group) is 1. The topological polar surface area (TPSA) is 50.4 Å². The van der Waals surface area contributed by atoms with Crippen molar-refractivity contribution in [2.75, 3.05) is 33.4 Å². The van der Waals surface area contributed by atoms with Crippen molar-refractivity contribution in [2.45, 2.75) is 0 Å². The van der Waals surface area contributed by atoms with Gasteiger partial charge in [0.1, 0.15) is 6.61 Å². The van der Waals surface area contributed by atoms with E-state index in [2.05, 4.69) is 17.2 Å². The molecule has 0 fully saturated rings. The molecule has 4 nitrogen and oxygen atoms in total. The van der Waals surface area contributed by atoms with Gasteiger partial charge in [0.15, 0.2) is 0 Å². The summed E-state index contributed by atoms with van der Waals surface area (Å²) in [4.78, 5) is 10.9. The Kier molecular flexibility index (Phi) is 7.63. The average Bonchev–Trinajstić information content (AvgIpc) is 2.09. The van der Waals surface area contributed by atoms with Crippen molar-refractivity contribution < 1.29 is 9.53 Å². The highest BCUT2D eigenvalue weighted by Gasteiger charge is 1.97. The van der Waals surface area contributed by atoms with E-state index in [9.17, 15) is 4.79 Å². The molecule has 12 heavy (non-hydrogen) atoms. The Hall–Kier alpha value is -0.870. The maximum Gasteiger partial charge on any atom is 0.246 e. The van der Waals surface area contributed by atoms with Crippen LogP contribution in [0, 0.1) is 0 Å². The highest BCUT2D eigenvalue weighted by Crippen LogP contribution is 1.73. The second kappa shape index (κ2) is 8.23. The molecule has 0 aromatic rings. The first kappa shape index (κ1) is 11.1. The van der Waals surface area contributed by atoms with Gasteiger partial charge in [-0.1, -0.05) is 6.08 Å². The molecule has 0 atom stereocenters. The summed E-state index contributed by atoms with van der Waals surface area (Å²) in [5.74, 6) is -0.106. The number of hydrogen-bond acceptors (Lipinski definition) is 3. The largest absolute Gasteiger partial charge is 0.370 e. The standard InChI is InChI=1S/C8H16N2O2/c1-3-4-10-8(11)7-12-6-5-9-2/h3,9H,1,4-7H2,2H3,(H,10,11). The maximum atomic E-state index is 10.9. The molecule has 70 valence electrons. The van der Waals surface area contributed by atoms with Crippen LogP contribution in [0.25, 0.3) is 0 Å². The third kappa shape index (κ3) is 7.24. The molecule has 0 aliphatic carbocycles. The van der Waals surface area contributed by atoms with Crippen molar-refractivity contribution in [1.29, 1.82) is 0 Å². The van der Waals surface area contributed by atoms with Gasteiger partial charge in [0.2, 0.25) is 5.91 Å². The fourth-order valence-corrected chi connectivity index (χ4v) is 0.576. The van der Waals surface area contributed by atoms with Crippen LogP contribution in [0.5, 0.6) is 0 Å².